The average molecular weight is 347 g/mol. The van der Waals surface area contributed by atoms with Gasteiger partial charge in [0.25, 0.3) is 0 Å². The Morgan fingerprint density at radius 3 is 2.84 bits per heavy atom. The van der Waals surface area contributed by atoms with Crippen LogP contribution >= 0.6 is 0 Å². The minimum absolute atomic E-state index is 0.118. The standard InChI is InChI=1S/C17H18FN3O4/c1-8(22)19-7-14-13-5-10-9-3-4-15(23)20(2)16(9)11(18)6-12(10)21(13)17(24)25-14/h6,13-14H,3-5,7H2,1-2H3,(H,19,22)/t13-,14-/m0/s1. The normalized spacial score (nSPS) is 24.0. The van der Waals surface area contributed by atoms with Crippen molar-refractivity contribution in [3.8, 4) is 0 Å². The summed E-state index contributed by atoms with van der Waals surface area (Å²) in [7, 11) is 1.57. The number of ether oxygens (including phenoxy) is 1. The van der Waals surface area contributed by atoms with Crippen LogP contribution in [0, 0.1) is 5.82 Å². The molecule has 1 saturated heterocycles. The first-order valence-electron chi connectivity index (χ1n) is 8.23. The van der Waals surface area contributed by atoms with Gasteiger partial charge in [-0.05, 0) is 24.0 Å². The molecule has 1 fully saturated rings. The molecule has 0 aliphatic carbocycles. The van der Waals surface area contributed by atoms with Gasteiger partial charge in [0.2, 0.25) is 11.8 Å². The molecule has 3 aliphatic rings. The second kappa shape index (κ2) is 5.44. The van der Waals surface area contributed by atoms with Gasteiger partial charge in [-0.1, -0.05) is 0 Å². The molecule has 1 aromatic carbocycles. The number of hydrogen-bond donors (Lipinski definition) is 1. The summed E-state index contributed by atoms with van der Waals surface area (Å²) >= 11 is 0. The Kier molecular flexibility index (Phi) is 3.45. The number of carbonyl (C=O) groups excluding carboxylic acids is 3. The van der Waals surface area contributed by atoms with E-state index in [9.17, 15) is 18.8 Å². The van der Waals surface area contributed by atoms with Gasteiger partial charge in [0, 0.05) is 26.5 Å². The first-order valence-corrected chi connectivity index (χ1v) is 8.23. The molecule has 0 radical (unpaired) electrons. The van der Waals surface area contributed by atoms with Gasteiger partial charge in [0.05, 0.1) is 24.0 Å². The molecule has 0 aromatic heterocycles. The highest BCUT2D eigenvalue weighted by Crippen LogP contribution is 2.45. The Hall–Kier alpha value is -2.64. The number of cyclic esters (lactones) is 1. The maximum Gasteiger partial charge on any atom is 0.415 e. The van der Waals surface area contributed by atoms with E-state index >= 15 is 0 Å². The minimum atomic E-state index is -0.529. The number of hydrogen-bond acceptors (Lipinski definition) is 4. The van der Waals surface area contributed by atoms with Crippen LogP contribution in [0.5, 0.6) is 0 Å². The zero-order chi connectivity index (χ0) is 17.9. The van der Waals surface area contributed by atoms with Gasteiger partial charge in [-0.2, -0.15) is 0 Å². The van der Waals surface area contributed by atoms with Gasteiger partial charge >= 0.3 is 6.09 Å². The lowest BCUT2D eigenvalue weighted by Crippen LogP contribution is -2.40. The maximum absolute atomic E-state index is 14.7. The fourth-order valence-corrected chi connectivity index (χ4v) is 4.01. The number of nitrogens with one attached hydrogen (secondary N) is 1. The zero-order valence-electron chi connectivity index (χ0n) is 14.0. The zero-order valence-corrected chi connectivity index (χ0v) is 14.0. The number of carbonyl (C=O) groups is 3. The molecule has 3 amide bonds. The van der Waals surface area contributed by atoms with E-state index in [0.717, 1.165) is 11.1 Å². The van der Waals surface area contributed by atoms with Crippen molar-refractivity contribution in [2.24, 2.45) is 0 Å². The van der Waals surface area contributed by atoms with E-state index in [0.29, 0.717) is 30.6 Å². The van der Waals surface area contributed by atoms with E-state index in [1.54, 1.807) is 7.05 Å². The first-order chi connectivity index (χ1) is 11.9. The van der Waals surface area contributed by atoms with Gasteiger partial charge in [-0.15, -0.1) is 0 Å². The van der Waals surface area contributed by atoms with Crippen LogP contribution in [0.2, 0.25) is 0 Å². The molecule has 0 saturated carbocycles. The predicted molar refractivity (Wildman–Crippen MR) is 87.1 cm³/mol. The van der Waals surface area contributed by atoms with Crippen LogP contribution in [0.25, 0.3) is 0 Å². The highest BCUT2D eigenvalue weighted by atomic mass is 19.1. The molecule has 0 unspecified atom stereocenters. The molecular weight excluding hydrogens is 329 g/mol. The van der Waals surface area contributed by atoms with Crippen LogP contribution in [0.3, 0.4) is 0 Å². The Balaban J connectivity index is 1.73. The Labute approximate surface area is 143 Å². The summed E-state index contributed by atoms with van der Waals surface area (Å²) in [6.07, 6.45) is 0.300. The molecule has 25 heavy (non-hydrogen) atoms. The lowest BCUT2D eigenvalue weighted by molar-refractivity contribution is -0.119. The smallest absolute Gasteiger partial charge is 0.415 e. The minimum Gasteiger partial charge on any atom is -0.442 e. The second-order valence-corrected chi connectivity index (χ2v) is 6.64. The Morgan fingerprint density at radius 2 is 2.12 bits per heavy atom. The molecule has 7 nitrogen and oxygen atoms in total. The summed E-state index contributed by atoms with van der Waals surface area (Å²) in [5, 5.41) is 2.66. The van der Waals surface area contributed by atoms with Crippen molar-refractivity contribution in [3.63, 3.8) is 0 Å². The maximum atomic E-state index is 14.7. The molecule has 132 valence electrons. The van der Waals surface area contributed by atoms with Gasteiger partial charge in [0.1, 0.15) is 11.9 Å². The van der Waals surface area contributed by atoms with E-state index in [2.05, 4.69) is 5.32 Å². The summed E-state index contributed by atoms with van der Waals surface area (Å²) in [5.74, 6) is -0.829. The molecule has 1 aromatic rings. The Bertz CT molecular complexity index is 810. The fraction of sp³-hybridized carbons (Fsp3) is 0.471. The second-order valence-electron chi connectivity index (χ2n) is 6.64. The van der Waals surface area contributed by atoms with E-state index in [-0.39, 0.29) is 24.4 Å². The molecule has 3 heterocycles. The highest BCUT2D eigenvalue weighted by molar-refractivity contribution is 5.99. The third kappa shape index (κ3) is 2.27. The van der Waals surface area contributed by atoms with Crippen molar-refractivity contribution in [3.05, 3.63) is 23.0 Å². The summed E-state index contributed by atoms with van der Waals surface area (Å²) in [4.78, 5) is 38.1. The van der Waals surface area contributed by atoms with E-state index in [4.69, 9.17) is 4.74 Å². The van der Waals surface area contributed by atoms with Gasteiger partial charge in [-0.3, -0.25) is 14.5 Å². The highest BCUT2D eigenvalue weighted by Gasteiger charge is 2.49. The number of rotatable bonds is 2. The predicted octanol–water partition coefficient (Wildman–Crippen LogP) is 1.12. The summed E-state index contributed by atoms with van der Waals surface area (Å²) in [6, 6.07) is 1.04. The van der Waals surface area contributed by atoms with Crippen molar-refractivity contribution in [2.45, 2.75) is 38.3 Å². The quantitative estimate of drug-likeness (QED) is 0.870. The Morgan fingerprint density at radius 1 is 1.36 bits per heavy atom. The molecular formula is C17H18FN3O4. The monoisotopic (exact) mass is 347 g/mol. The number of nitrogens with zero attached hydrogens (tertiary/aromatic N) is 2. The van der Waals surface area contributed by atoms with Gasteiger partial charge in [0.15, 0.2) is 0 Å². The van der Waals surface area contributed by atoms with Gasteiger partial charge < -0.3 is 15.0 Å². The largest absolute Gasteiger partial charge is 0.442 e. The number of fused-ring (bicyclic) bond motifs is 5. The third-order valence-electron chi connectivity index (χ3n) is 5.18. The van der Waals surface area contributed by atoms with Crippen LogP contribution < -0.4 is 15.1 Å². The van der Waals surface area contributed by atoms with Crippen LogP contribution in [0.1, 0.15) is 24.5 Å². The van der Waals surface area contributed by atoms with Crippen molar-refractivity contribution in [1.82, 2.24) is 5.32 Å². The van der Waals surface area contributed by atoms with Crippen LogP contribution in [0.15, 0.2) is 6.07 Å². The molecule has 8 heteroatoms. The van der Waals surface area contributed by atoms with Crippen molar-refractivity contribution < 1.29 is 23.5 Å². The molecule has 4 rings (SSSR count). The van der Waals surface area contributed by atoms with Crippen molar-refractivity contribution >= 4 is 29.3 Å². The molecule has 1 N–H and O–H groups in total. The summed E-state index contributed by atoms with van der Waals surface area (Å²) in [6.45, 7) is 1.62. The number of anilines is 2. The van der Waals surface area contributed by atoms with Crippen LogP contribution in [-0.2, 0) is 27.2 Å². The van der Waals surface area contributed by atoms with E-state index in [1.807, 2.05) is 0 Å². The molecule has 2 atom stereocenters. The lowest BCUT2D eigenvalue weighted by Gasteiger charge is -2.28. The topological polar surface area (TPSA) is 79.0 Å². The number of halogens is 1. The van der Waals surface area contributed by atoms with Crippen LogP contribution in [-0.4, -0.2) is 43.6 Å². The molecule has 0 spiro atoms. The molecule has 3 aliphatic heterocycles. The van der Waals surface area contributed by atoms with Gasteiger partial charge in [-0.25, -0.2) is 9.18 Å². The summed E-state index contributed by atoms with van der Waals surface area (Å²) < 4.78 is 20.0. The third-order valence-corrected chi connectivity index (χ3v) is 5.18. The summed E-state index contributed by atoms with van der Waals surface area (Å²) in [5.41, 5.74) is 2.50. The molecule has 0 bridgehead atoms. The first kappa shape index (κ1) is 15.9. The van der Waals surface area contributed by atoms with Crippen molar-refractivity contribution in [1.29, 1.82) is 0 Å². The fourth-order valence-electron chi connectivity index (χ4n) is 4.01. The van der Waals surface area contributed by atoms with Crippen molar-refractivity contribution in [2.75, 3.05) is 23.4 Å². The number of benzene rings is 1. The van der Waals surface area contributed by atoms with Crippen LogP contribution in [0.4, 0.5) is 20.6 Å². The SMILES string of the molecule is CC(=O)NC[C@@H]1OC(=O)N2c3cc(F)c4c(c3C[C@@H]12)CCC(=O)N4C. The number of amides is 3. The van der Waals surface area contributed by atoms with E-state index in [1.165, 1.54) is 22.8 Å². The average Bonchev–Trinajstić information content (AvgIpc) is 3.07. The van der Waals surface area contributed by atoms with E-state index < -0.39 is 18.0 Å². The lowest BCUT2D eigenvalue weighted by atomic mass is 9.92.